The maximum absolute atomic E-state index is 12.5. The Morgan fingerprint density at radius 1 is 1.19 bits per heavy atom. The Balaban J connectivity index is 1.60. The average molecular weight is 381 g/mol. The van der Waals surface area contributed by atoms with Crippen LogP contribution in [-0.2, 0) is 14.8 Å². The molecule has 8 heteroatoms. The minimum Gasteiger partial charge on any atom is -0.381 e. The van der Waals surface area contributed by atoms with Gasteiger partial charge >= 0.3 is 6.03 Å². The van der Waals surface area contributed by atoms with E-state index in [1.165, 1.54) is 12.1 Å². The van der Waals surface area contributed by atoms with Crippen LogP contribution in [0.5, 0.6) is 0 Å². The van der Waals surface area contributed by atoms with Crippen molar-refractivity contribution < 1.29 is 17.9 Å². The number of nitrogens with zero attached hydrogens (tertiary/aromatic N) is 1. The van der Waals surface area contributed by atoms with Crippen LogP contribution < -0.4 is 10.0 Å². The molecule has 26 heavy (non-hydrogen) atoms. The number of nitrogens with one attached hydrogen (secondary N) is 2. The summed E-state index contributed by atoms with van der Waals surface area (Å²) in [6, 6.07) is 6.11. The number of rotatable bonds is 6. The van der Waals surface area contributed by atoms with Gasteiger partial charge in [-0.3, -0.25) is 0 Å². The van der Waals surface area contributed by atoms with Crippen LogP contribution >= 0.6 is 0 Å². The van der Waals surface area contributed by atoms with E-state index < -0.39 is 10.0 Å². The van der Waals surface area contributed by atoms with Crippen molar-refractivity contribution in [3.05, 3.63) is 24.3 Å². The molecular weight excluding hydrogens is 354 g/mol. The summed E-state index contributed by atoms with van der Waals surface area (Å²) in [5.74, 6) is 0.809. The molecule has 144 valence electrons. The van der Waals surface area contributed by atoms with Gasteiger partial charge in [0.2, 0.25) is 10.0 Å². The second-order valence-electron chi connectivity index (χ2n) is 7.06. The Hall–Kier alpha value is -1.64. The smallest absolute Gasteiger partial charge is 0.321 e. The number of amides is 2. The molecule has 1 saturated heterocycles. The van der Waals surface area contributed by atoms with Crippen LogP contribution in [0.25, 0.3) is 0 Å². The van der Waals surface area contributed by atoms with E-state index in [1.807, 2.05) is 11.8 Å². The quantitative estimate of drug-likeness (QED) is 0.791. The number of ether oxygens (including phenoxy) is 1. The summed E-state index contributed by atoms with van der Waals surface area (Å²) in [6.07, 6.45) is 3.20. The Morgan fingerprint density at radius 2 is 1.81 bits per heavy atom. The third kappa shape index (κ3) is 4.02. The van der Waals surface area contributed by atoms with E-state index in [2.05, 4.69) is 10.0 Å². The molecule has 3 atom stereocenters. The number of methoxy groups -OCH3 is 1. The summed E-state index contributed by atoms with van der Waals surface area (Å²) in [5.41, 5.74) is 0.589. The predicted octanol–water partition coefficient (Wildman–Crippen LogP) is 2.26. The molecule has 1 aliphatic heterocycles. The molecule has 1 aromatic carbocycles. The number of carbonyl (C=O) groups excluding carboxylic acids is 1. The van der Waals surface area contributed by atoms with Crippen molar-refractivity contribution in [1.82, 2.24) is 9.62 Å². The number of likely N-dealkylation sites (tertiary alicyclic amines) is 1. The predicted molar refractivity (Wildman–Crippen MR) is 99.5 cm³/mol. The molecule has 0 spiro atoms. The normalized spacial score (nSPS) is 25.3. The summed E-state index contributed by atoms with van der Waals surface area (Å²) in [7, 11) is -1.74. The van der Waals surface area contributed by atoms with Crippen LogP contribution in [0.1, 0.15) is 26.2 Å². The van der Waals surface area contributed by atoms with E-state index in [0.29, 0.717) is 37.2 Å². The minimum absolute atomic E-state index is 0.142. The summed E-state index contributed by atoms with van der Waals surface area (Å²) in [4.78, 5) is 14.6. The van der Waals surface area contributed by atoms with Gasteiger partial charge in [-0.2, -0.15) is 0 Å². The molecule has 7 nitrogen and oxygen atoms in total. The van der Waals surface area contributed by atoms with Crippen molar-refractivity contribution in [1.29, 1.82) is 0 Å². The number of benzene rings is 1. The zero-order valence-corrected chi connectivity index (χ0v) is 16.1. The van der Waals surface area contributed by atoms with Crippen LogP contribution in [0, 0.1) is 11.8 Å². The summed E-state index contributed by atoms with van der Waals surface area (Å²) < 4.78 is 32.3. The van der Waals surface area contributed by atoms with Crippen LogP contribution in [0.15, 0.2) is 29.2 Å². The van der Waals surface area contributed by atoms with E-state index >= 15 is 0 Å². The van der Waals surface area contributed by atoms with Gasteiger partial charge < -0.3 is 15.0 Å². The molecular formula is C18H27N3O4S. The van der Waals surface area contributed by atoms with Crippen molar-refractivity contribution in [3.8, 4) is 0 Å². The maximum Gasteiger partial charge on any atom is 0.321 e. The molecule has 2 bridgehead atoms. The van der Waals surface area contributed by atoms with Gasteiger partial charge in [0.15, 0.2) is 0 Å². The van der Waals surface area contributed by atoms with Crippen LogP contribution in [-0.4, -0.2) is 52.2 Å². The van der Waals surface area contributed by atoms with Gasteiger partial charge in [0.05, 0.1) is 11.0 Å². The molecule has 2 fully saturated rings. The summed E-state index contributed by atoms with van der Waals surface area (Å²) in [5, 5.41) is 2.87. The highest BCUT2D eigenvalue weighted by atomic mass is 32.2. The molecule has 2 amide bonds. The van der Waals surface area contributed by atoms with Crippen LogP contribution in [0.2, 0.25) is 0 Å². The van der Waals surface area contributed by atoms with Crippen molar-refractivity contribution in [2.24, 2.45) is 11.8 Å². The van der Waals surface area contributed by atoms with Crippen LogP contribution in [0.4, 0.5) is 10.5 Å². The molecule has 1 heterocycles. The third-order valence-corrected chi connectivity index (χ3v) is 6.74. The Morgan fingerprint density at radius 3 is 2.35 bits per heavy atom. The fourth-order valence-corrected chi connectivity index (χ4v) is 5.10. The number of hydrogen-bond acceptors (Lipinski definition) is 4. The van der Waals surface area contributed by atoms with Gasteiger partial charge in [-0.15, -0.1) is 0 Å². The third-order valence-electron chi connectivity index (χ3n) is 5.26. The van der Waals surface area contributed by atoms with Crippen molar-refractivity contribution in [3.63, 3.8) is 0 Å². The zero-order valence-electron chi connectivity index (χ0n) is 15.3. The second kappa shape index (κ2) is 7.94. The van der Waals surface area contributed by atoms with E-state index in [4.69, 9.17) is 4.74 Å². The molecule has 2 aliphatic rings. The number of urea groups is 1. The standard InChI is InChI=1S/C18H27N3O4S/c1-3-10-19-26(23,24)16-8-6-15(7-9-16)20-18(22)21-11-13-4-5-14(12-21)17(13)25-2/h6-9,13-14,17,19H,3-5,10-12H2,1-2H3,(H,20,22)/t13-,14+,17?. The molecule has 1 unspecified atom stereocenters. The topological polar surface area (TPSA) is 87.7 Å². The Bertz CT molecular complexity index is 721. The van der Waals surface area contributed by atoms with Gasteiger partial charge in [-0.05, 0) is 43.5 Å². The van der Waals surface area contributed by atoms with E-state index in [9.17, 15) is 13.2 Å². The SMILES string of the molecule is CCCNS(=O)(=O)c1ccc(NC(=O)N2C[C@H]3CC[C@@H](C2)C3OC)cc1. The number of sulfonamides is 1. The lowest BCUT2D eigenvalue weighted by Crippen LogP contribution is -2.49. The molecule has 1 aromatic rings. The molecule has 0 aromatic heterocycles. The van der Waals surface area contributed by atoms with Crippen molar-refractivity contribution in [2.75, 3.05) is 32.1 Å². The number of carbonyl (C=O) groups is 1. The fourth-order valence-electron chi connectivity index (χ4n) is 3.96. The highest BCUT2D eigenvalue weighted by molar-refractivity contribution is 7.89. The van der Waals surface area contributed by atoms with Crippen molar-refractivity contribution in [2.45, 2.75) is 37.2 Å². The van der Waals surface area contributed by atoms with Gasteiger partial charge in [0.25, 0.3) is 0 Å². The zero-order chi connectivity index (χ0) is 18.7. The van der Waals surface area contributed by atoms with E-state index in [1.54, 1.807) is 19.2 Å². The van der Waals surface area contributed by atoms with Gasteiger partial charge in [0.1, 0.15) is 0 Å². The summed E-state index contributed by atoms with van der Waals surface area (Å²) in [6.45, 7) is 3.71. The summed E-state index contributed by atoms with van der Waals surface area (Å²) >= 11 is 0. The number of anilines is 1. The highest BCUT2D eigenvalue weighted by Gasteiger charge is 2.43. The van der Waals surface area contributed by atoms with E-state index in [-0.39, 0.29) is 17.0 Å². The first-order chi connectivity index (χ1) is 12.4. The first-order valence-electron chi connectivity index (χ1n) is 9.13. The molecule has 1 saturated carbocycles. The number of hydrogen-bond donors (Lipinski definition) is 2. The van der Waals surface area contributed by atoms with Gasteiger partial charge in [-0.1, -0.05) is 6.92 Å². The lowest BCUT2D eigenvalue weighted by atomic mass is 9.95. The van der Waals surface area contributed by atoms with E-state index in [0.717, 1.165) is 19.3 Å². The first-order valence-corrected chi connectivity index (χ1v) is 10.6. The maximum atomic E-state index is 12.5. The van der Waals surface area contributed by atoms with Gasteiger partial charge in [-0.25, -0.2) is 17.9 Å². The van der Waals surface area contributed by atoms with Gasteiger partial charge in [0, 0.05) is 44.3 Å². The molecule has 3 rings (SSSR count). The monoisotopic (exact) mass is 381 g/mol. The molecule has 0 radical (unpaired) electrons. The lowest BCUT2D eigenvalue weighted by molar-refractivity contribution is -0.00364. The highest BCUT2D eigenvalue weighted by Crippen LogP contribution is 2.38. The Kier molecular flexibility index (Phi) is 5.84. The molecule has 1 aliphatic carbocycles. The first kappa shape index (κ1) is 19.1. The largest absolute Gasteiger partial charge is 0.381 e. The van der Waals surface area contributed by atoms with Crippen molar-refractivity contribution >= 4 is 21.7 Å². The minimum atomic E-state index is -3.49. The number of piperidine rings is 1. The fraction of sp³-hybridized carbons (Fsp3) is 0.611. The Labute approximate surface area is 155 Å². The second-order valence-corrected chi connectivity index (χ2v) is 8.82. The van der Waals surface area contributed by atoms with Crippen LogP contribution in [0.3, 0.4) is 0 Å². The number of fused-ring (bicyclic) bond motifs is 2. The lowest BCUT2D eigenvalue weighted by Gasteiger charge is -2.37. The average Bonchev–Trinajstić information content (AvgIpc) is 2.88. The molecule has 2 N–H and O–H groups in total.